The van der Waals surface area contributed by atoms with E-state index in [0.717, 1.165) is 4.90 Å². The van der Waals surface area contributed by atoms with Gasteiger partial charge in [-0.1, -0.05) is 13.0 Å². The Kier molecular flexibility index (Phi) is 4.92. The molecule has 0 aliphatic carbocycles. The van der Waals surface area contributed by atoms with Crippen LogP contribution in [0.5, 0.6) is 5.75 Å². The van der Waals surface area contributed by atoms with Gasteiger partial charge in [0.25, 0.3) is 0 Å². The highest BCUT2D eigenvalue weighted by Gasteiger charge is 2.02. The number of benzene rings is 1. The van der Waals surface area contributed by atoms with Gasteiger partial charge in [-0.05, 0) is 30.7 Å². The molecule has 1 rings (SSSR count). The molecule has 16 heavy (non-hydrogen) atoms. The Morgan fingerprint density at radius 2 is 2.00 bits per heavy atom. The van der Waals surface area contributed by atoms with Gasteiger partial charge in [-0.15, -0.1) is 11.8 Å². The second-order valence-electron chi connectivity index (χ2n) is 3.19. The van der Waals surface area contributed by atoms with E-state index in [-0.39, 0.29) is 5.75 Å². The highest BCUT2D eigenvalue weighted by atomic mass is 32.2. The number of phenolic OH excluding ortho intramolecular Hbond substituents is 1. The van der Waals surface area contributed by atoms with Crippen LogP contribution in [0.3, 0.4) is 0 Å². The van der Waals surface area contributed by atoms with Crippen molar-refractivity contribution in [3.8, 4) is 5.75 Å². The Morgan fingerprint density at radius 1 is 1.38 bits per heavy atom. The SMILES string of the molecule is CCC(=CCSc1ccc(O)cc1)C(=O)O. The molecule has 2 N–H and O–H groups in total. The van der Waals surface area contributed by atoms with Crippen molar-refractivity contribution < 1.29 is 15.0 Å². The van der Waals surface area contributed by atoms with Crippen molar-refractivity contribution in [1.82, 2.24) is 0 Å². The molecule has 0 amide bonds. The molecule has 1 aromatic carbocycles. The first-order valence-electron chi connectivity index (χ1n) is 4.97. The standard InChI is InChI=1S/C12H14O3S/c1-2-9(12(14)15)7-8-16-11-5-3-10(13)4-6-11/h3-7,13H,2,8H2,1H3,(H,14,15). The zero-order valence-corrected chi connectivity index (χ0v) is 9.83. The van der Waals surface area contributed by atoms with Crippen molar-refractivity contribution in [2.24, 2.45) is 0 Å². The Labute approximate surface area is 98.8 Å². The summed E-state index contributed by atoms with van der Waals surface area (Å²) in [5.41, 5.74) is 0.436. The molecule has 0 aliphatic rings. The number of thioether (sulfide) groups is 1. The lowest BCUT2D eigenvalue weighted by Gasteiger charge is -2.00. The zero-order chi connectivity index (χ0) is 12.0. The molecule has 86 valence electrons. The maximum absolute atomic E-state index is 10.7. The lowest BCUT2D eigenvalue weighted by atomic mass is 10.2. The van der Waals surface area contributed by atoms with Gasteiger partial charge < -0.3 is 10.2 Å². The van der Waals surface area contributed by atoms with E-state index in [4.69, 9.17) is 10.2 Å². The molecular weight excluding hydrogens is 224 g/mol. The summed E-state index contributed by atoms with van der Waals surface area (Å²) in [6, 6.07) is 6.84. The molecular formula is C12H14O3S. The Morgan fingerprint density at radius 3 is 2.50 bits per heavy atom. The largest absolute Gasteiger partial charge is 0.508 e. The Hall–Kier alpha value is -1.42. The maximum atomic E-state index is 10.7. The summed E-state index contributed by atoms with van der Waals surface area (Å²) in [4.78, 5) is 11.7. The fraction of sp³-hybridized carbons (Fsp3) is 0.250. The normalized spacial score (nSPS) is 11.4. The summed E-state index contributed by atoms with van der Waals surface area (Å²) < 4.78 is 0. The summed E-state index contributed by atoms with van der Waals surface area (Å²) in [6.07, 6.45) is 2.26. The van der Waals surface area contributed by atoms with Crippen LogP contribution in [0.4, 0.5) is 0 Å². The third-order valence-corrected chi connectivity index (χ3v) is 3.01. The van der Waals surface area contributed by atoms with Gasteiger partial charge in [-0.3, -0.25) is 0 Å². The van der Waals surface area contributed by atoms with Gasteiger partial charge in [0.1, 0.15) is 5.75 Å². The van der Waals surface area contributed by atoms with E-state index in [9.17, 15) is 4.79 Å². The first kappa shape index (κ1) is 12.6. The number of carbonyl (C=O) groups is 1. The van der Waals surface area contributed by atoms with Crippen LogP contribution in [0, 0.1) is 0 Å². The van der Waals surface area contributed by atoms with Crippen molar-refractivity contribution in [2.75, 3.05) is 5.75 Å². The molecule has 0 spiro atoms. The predicted octanol–water partition coefficient (Wildman–Crippen LogP) is 2.91. The van der Waals surface area contributed by atoms with Gasteiger partial charge in [0.05, 0.1) is 0 Å². The number of aliphatic carboxylic acids is 1. The van der Waals surface area contributed by atoms with Crippen LogP contribution in [0.2, 0.25) is 0 Å². The third kappa shape index (κ3) is 3.98. The molecule has 1 aromatic rings. The minimum absolute atomic E-state index is 0.236. The molecule has 0 heterocycles. The molecule has 0 aliphatic heterocycles. The summed E-state index contributed by atoms with van der Waals surface area (Å²) in [6.45, 7) is 1.82. The number of carboxylic acids is 1. The molecule has 0 bridgehead atoms. The van der Waals surface area contributed by atoms with Gasteiger partial charge in [-0.25, -0.2) is 4.79 Å². The monoisotopic (exact) mass is 238 g/mol. The van der Waals surface area contributed by atoms with E-state index in [1.165, 1.54) is 11.8 Å². The van der Waals surface area contributed by atoms with Crippen molar-refractivity contribution in [2.45, 2.75) is 18.2 Å². The van der Waals surface area contributed by atoms with Crippen LogP contribution in [-0.4, -0.2) is 21.9 Å². The molecule has 0 atom stereocenters. The molecule has 0 aromatic heterocycles. The van der Waals surface area contributed by atoms with Crippen LogP contribution in [0.15, 0.2) is 40.8 Å². The topological polar surface area (TPSA) is 57.5 Å². The first-order chi connectivity index (χ1) is 7.63. The number of aromatic hydroxyl groups is 1. The van der Waals surface area contributed by atoms with E-state index < -0.39 is 5.97 Å². The molecule has 0 radical (unpaired) electrons. The molecule has 4 heteroatoms. The maximum Gasteiger partial charge on any atom is 0.331 e. The Bertz CT molecular complexity index is 382. The summed E-state index contributed by atoms with van der Waals surface area (Å²) >= 11 is 1.54. The minimum atomic E-state index is -0.853. The summed E-state index contributed by atoms with van der Waals surface area (Å²) in [7, 11) is 0. The second kappa shape index (κ2) is 6.23. The third-order valence-electron chi connectivity index (χ3n) is 2.07. The average Bonchev–Trinajstić information content (AvgIpc) is 2.26. The van der Waals surface area contributed by atoms with Crippen LogP contribution in [0.1, 0.15) is 13.3 Å². The number of carboxylic acid groups (broad SMARTS) is 1. The molecule has 0 saturated carbocycles. The average molecular weight is 238 g/mol. The highest BCUT2D eigenvalue weighted by molar-refractivity contribution is 7.99. The van der Waals surface area contributed by atoms with Crippen LogP contribution in [0.25, 0.3) is 0 Å². The number of phenols is 1. The quantitative estimate of drug-likeness (QED) is 0.611. The summed E-state index contributed by atoms with van der Waals surface area (Å²) in [5.74, 6) is 0.00810. The van der Waals surface area contributed by atoms with E-state index in [1.54, 1.807) is 30.3 Å². The van der Waals surface area contributed by atoms with Crippen LogP contribution >= 0.6 is 11.8 Å². The molecule has 0 unspecified atom stereocenters. The molecule has 0 fully saturated rings. The van der Waals surface area contributed by atoms with E-state index >= 15 is 0 Å². The number of hydrogen-bond acceptors (Lipinski definition) is 3. The van der Waals surface area contributed by atoms with Gasteiger partial charge >= 0.3 is 5.97 Å². The van der Waals surface area contributed by atoms with Crippen molar-refractivity contribution in [3.05, 3.63) is 35.9 Å². The van der Waals surface area contributed by atoms with Crippen LogP contribution < -0.4 is 0 Å². The van der Waals surface area contributed by atoms with Gasteiger partial charge in [0.2, 0.25) is 0 Å². The van der Waals surface area contributed by atoms with Crippen molar-refractivity contribution in [1.29, 1.82) is 0 Å². The fourth-order valence-corrected chi connectivity index (χ4v) is 1.97. The molecule has 0 saturated heterocycles. The van der Waals surface area contributed by atoms with E-state index in [1.807, 2.05) is 6.92 Å². The lowest BCUT2D eigenvalue weighted by molar-refractivity contribution is -0.132. The predicted molar refractivity (Wildman–Crippen MR) is 64.8 cm³/mol. The molecule has 3 nitrogen and oxygen atoms in total. The smallest absolute Gasteiger partial charge is 0.331 e. The van der Waals surface area contributed by atoms with Gasteiger partial charge in [0, 0.05) is 16.2 Å². The van der Waals surface area contributed by atoms with Crippen molar-refractivity contribution in [3.63, 3.8) is 0 Å². The number of rotatable bonds is 5. The van der Waals surface area contributed by atoms with E-state index in [2.05, 4.69) is 0 Å². The fourth-order valence-electron chi connectivity index (χ4n) is 1.16. The van der Waals surface area contributed by atoms with E-state index in [0.29, 0.717) is 17.7 Å². The van der Waals surface area contributed by atoms with Gasteiger partial charge in [0.15, 0.2) is 0 Å². The summed E-state index contributed by atoms with van der Waals surface area (Å²) in [5, 5.41) is 17.9. The lowest BCUT2D eigenvalue weighted by Crippen LogP contribution is -1.99. The zero-order valence-electron chi connectivity index (χ0n) is 9.01. The minimum Gasteiger partial charge on any atom is -0.508 e. The van der Waals surface area contributed by atoms with Gasteiger partial charge in [-0.2, -0.15) is 0 Å². The number of hydrogen-bond donors (Lipinski definition) is 2. The van der Waals surface area contributed by atoms with Crippen LogP contribution in [-0.2, 0) is 4.79 Å². The highest BCUT2D eigenvalue weighted by Crippen LogP contribution is 2.21. The van der Waals surface area contributed by atoms with Crippen molar-refractivity contribution >= 4 is 17.7 Å². The first-order valence-corrected chi connectivity index (χ1v) is 5.96. The second-order valence-corrected chi connectivity index (χ2v) is 4.29. The Balaban J connectivity index is 2.52.